The lowest BCUT2D eigenvalue weighted by Gasteiger charge is -2.38. The molecule has 3 aromatic carbocycles. The largest absolute Gasteiger partial charge is 0.478 e. The fourth-order valence-corrected chi connectivity index (χ4v) is 5.30. The van der Waals surface area contributed by atoms with Gasteiger partial charge in [0.1, 0.15) is 0 Å². The van der Waals surface area contributed by atoms with Crippen molar-refractivity contribution in [3.8, 4) is 11.1 Å². The first kappa shape index (κ1) is 21.2. The molecule has 4 unspecified atom stereocenters. The molecule has 0 aromatic heterocycles. The average Bonchev–Trinajstić information content (AvgIpc) is 3.21. The lowest BCUT2D eigenvalue weighted by atomic mass is 9.83. The average molecular weight is 448 g/mol. The van der Waals surface area contributed by atoms with E-state index in [0.29, 0.717) is 30.2 Å². The zero-order valence-electron chi connectivity index (χ0n) is 17.7. The van der Waals surface area contributed by atoms with Crippen LogP contribution in [-0.4, -0.2) is 29.3 Å². The summed E-state index contributed by atoms with van der Waals surface area (Å²) in [5, 5.41) is 13.9. The quantitative estimate of drug-likeness (QED) is 0.494. The predicted octanol–water partition coefficient (Wildman–Crippen LogP) is 5.90. The molecule has 0 saturated carbocycles. The first-order chi connectivity index (χ1) is 15.6. The van der Waals surface area contributed by atoms with Gasteiger partial charge in [0.05, 0.1) is 18.3 Å². The minimum Gasteiger partial charge on any atom is -0.478 e. The van der Waals surface area contributed by atoms with Crippen molar-refractivity contribution in [1.29, 1.82) is 0 Å². The highest BCUT2D eigenvalue weighted by Crippen LogP contribution is 2.40. The van der Waals surface area contributed by atoms with Gasteiger partial charge in [-0.2, -0.15) is 0 Å². The van der Waals surface area contributed by atoms with Gasteiger partial charge in [0.15, 0.2) is 0 Å². The molecule has 5 heteroatoms. The molecule has 3 aromatic rings. The van der Waals surface area contributed by atoms with Crippen LogP contribution in [0.3, 0.4) is 0 Å². The summed E-state index contributed by atoms with van der Waals surface area (Å²) in [5.41, 5.74) is 4.30. The molecule has 0 radical (unpaired) electrons. The number of hydrogen-bond acceptors (Lipinski definition) is 3. The van der Waals surface area contributed by atoms with E-state index < -0.39 is 5.97 Å². The minimum absolute atomic E-state index is 0.113. The van der Waals surface area contributed by atoms with E-state index >= 15 is 0 Å². The van der Waals surface area contributed by atoms with Gasteiger partial charge in [0, 0.05) is 23.0 Å². The number of hydrogen-bond donors (Lipinski definition) is 2. The zero-order chi connectivity index (χ0) is 22.1. The molecule has 2 fully saturated rings. The highest BCUT2D eigenvalue weighted by Gasteiger charge is 2.42. The second-order valence-electron chi connectivity index (χ2n) is 8.76. The summed E-state index contributed by atoms with van der Waals surface area (Å²) in [5.74, 6) is -0.561. The first-order valence-corrected chi connectivity index (χ1v) is 11.5. The van der Waals surface area contributed by atoms with Crippen molar-refractivity contribution < 1.29 is 14.6 Å². The Kier molecular flexibility index (Phi) is 6.01. The van der Waals surface area contributed by atoms with E-state index in [1.165, 1.54) is 12.0 Å². The zero-order valence-corrected chi connectivity index (χ0v) is 18.5. The summed E-state index contributed by atoms with van der Waals surface area (Å²) in [6.07, 6.45) is 3.53. The van der Waals surface area contributed by atoms with E-state index in [1.807, 2.05) is 48.5 Å². The van der Waals surface area contributed by atoms with Crippen LogP contribution in [0.1, 0.15) is 46.7 Å². The number of aromatic carboxylic acids is 1. The minimum atomic E-state index is -0.916. The van der Waals surface area contributed by atoms with Crippen LogP contribution in [0.5, 0.6) is 0 Å². The number of ether oxygens (including phenoxy) is 1. The number of fused-ring (bicyclic) bond motifs is 2. The summed E-state index contributed by atoms with van der Waals surface area (Å²) in [6, 6.07) is 24.2. The molecule has 2 aliphatic rings. The highest BCUT2D eigenvalue weighted by atomic mass is 35.5. The third-order valence-corrected chi connectivity index (χ3v) is 7.02. The normalized spacial score (nSPS) is 24.4. The van der Waals surface area contributed by atoms with Crippen LogP contribution in [0.2, 0.25) is 5.02 Å². The lowest BCUT2D eigenvalue weighted by molar-refractivity contribution is -0.0133. The number of carboxylic acids is 1. The maximum Gasteiger partial charge on any atom is 0.336 e. The Morgan fingerprint density at radius 3 is 2.50 bits per heavy atom. The van der Waals surface area contributed by atoms with Crippen LogP contribution in [0, 0.1) is 0 Å². The van der Waals surface area contributed by atoms with Gasteiger partial charge < -0.3 is 15.2 Å². The molecule has 2 bridgehead atoms. The van der Waals surface area contributed by atoms with Crippen molar-refractivity contribution in [3.05, 3.63) is 94.5 Å². The number of rotatable bonds is 6. The van der Waals surface area contributed by atoms with Gasteiger partial charge in [-0.3, -0.25) is 0 Å². The Morgan fingerprint density at radius 1 is 1.00 bits per heavy atom. The second kappa shape index (κ2) is 9.07. The predicted molar refractivity (Wildman–Crippen MR) is 126 cm³/mol. The molecule has 4 atom stereocenters. The summed E-state index contributed by atoms with van der Waals surface area (Å²) < 4.78 is 6.51. The Bertz CT molecular complexity index is 1100. The molecule has 2 heterocycles. The Balaban J connectivity index is 1.32. The van der Waals surface area contributed by atoms with Crippen molar-refractivity contribution in [2.24, 2.45) is 0 Å². The lowest BCUT2D eigenvalue weighted by Crippen LogP contribution is -2.49. The maximum absolute atomic E-state index is 11.5. The molecule has 4 nitrogen and oxygen atoms in total. The maximum atomic E-state index is 11.5. The third kappa shape index (κ3) is 4.31. The molecule has 32 heavy (non-hydrogen) atoms. The van der Waals surface area contributed by atoms with Gasteiger partial charge in [-0.15, -0.1) is 0 Å². The van der Waals surface area contributed by atoms with Gasteiger partial charge in [-0.1, -0.05) is 66.2 Å². The van der Waals surface area contributed by atoms with Crippen LogP contribution in [0.15, 0.2) is 72.8 Å². The molecule has 0 amide bonds. The number of benzene rings is 3. The number of carbonyl (C=O) groups is 1. The number of piperidine rings is 1. The van der Waals surface area contributed by atoms with Crippen LogP contribution in [0.4, 0.5) is 0 Å². The summed E-state index contributed by atoms with van der Waals surface area (Å²) in [7, 11) is 0. The first-order valence-electron chi connectivity index (χ1n) is 11.1. The topological polar surface area (TPSA) is 58.6 Å². The van der Waals surface area contributed by atoms with Crippen LogP contribution < -0.4 is 5.32 Å². The fraction of sp³-hybridized carbons (Fsp3) is 0.296. The van der Waals surface area contributed by atoms with Crippen LogP contribution in [-0.2, 0) is 11.3 Å². The molecule has 2 saturated heterocycles. The van der Waals surface area contributed by atoms with E-state index in [9.17, 15) is 9.90 Å². The van der Waals surface area contributed by atoms with E-state index in [-0.39, 0.29) is 6.10 Å². The van der Waals surface area contributed by atoms with Gasteiger partial charge in [-0.25, -0.2) is 4.79 Å². The van der Waals surface area contributed by atoms with Gasteiger partial charge in [0.2, 0.25) is 0 Å². The van der Waals surface area contributed by atoms with E-state index in [1.54, 1.807) is 12.1 Å². The van der Waals surface area contributed by atoms with Gasteiger partial charge >= 0.3 is 5.97 Å². The van der Waals surface area contributed by atoms with Gasteiger partial charge in [-0.05, 0) is 59.7 Å². The monoisotopic (exact) mass is 447 g/mol. The Morgan fingerprint density at radius 2 is 1.75 bits per heavy atom. The number of carboxylic acid groups (broad SMARTS) is 1. The summed E-state index contributed by atoms with van der Waals surface area (Å²) in [6.45, 7) is 0.526. The van der Waals surface area contributed by atoms with Crippen molar-refractivity contribution in [2.45, 2.75) is 50.0 Å². The molecular formula is C27H26ClNO3. The standard InChI is InChI=1S/C27H26ClNO3/c28-20-11-9-19(10-12-20)24-15-21-13-14-25(29-21)26(24)32-16-17-5-7-18(8-6-17)22-3-1-2-4-23(22)27(30)31/h1-12,21,24-26,29H,13-16H2,(H,30,31). The fourth-order valence-electron chi connectivity index (χ4n) is 5.18. The third-order valence-electron chi connectivity index (χ3n) is 6.77. The Hall–Kier alpha value is -2.66. The smallest absolute Gasteiger partial charge is 0.336 e. The van der Waals surface area contributed by atoms with Gasteiger partial charge in [0.25, 0.3) is 0 Å². The molecule has 164 valence electrons. The Labute approximate surface area is 193 Å². The summed E-state index contributed by atoms with van der Waals surface area (Å²) in [4.78, 5) is 11.5. The highest BCUT2D eigenvalue weighted by molar-refractivity contribution is 6.30. The SMILES string of the molecule is O=C(O)c1ccccc1-c1ccc(COC2C3CCC(CC2c2ccc(Cl)cc2)N3)cc1. The molecule has 0 spiro atoms. The molecule has 2 aliphatic heterocycles. The van der Waals surface area contributed by atoms with Crippen molar-refractivity contribution in [1.82, 2.24) is 5.32 Å². The number of halogens is 1. The molecule has 5 rings (SSSR count). The van der Waals surface area contributed by atoms with Crippen molar-refractivity contribution in [2.75, 3.05) is 0 Å². The number of nitrogens with one attached hydrogen (secondary N) is 1. The molecule has 0 aliphatic carbocycles. The van der Waals surface area contributed by atoms with E-state index in [2.05, 4.69) is 17.4 Å². The van der Waals surface area contributed by atoms with E-state index in [0.717, 1.165) is 34.6 Å². The van der Waals surface area contributed by atoms with Crippen molar-refractivity contribution >= 4 is 17.6 Å². The molecular weight excluding hydrogens is 422 g/mol. The molecule has 2 N–H and O–H groups in total. The van der Waals surface area contributed by atoms with E-state index in [4.69, 9.17) is 16.3 Å². The summed E-state index contributed by atoms with van der Waals surface area (Å²) >= 11 is 6.11. The second-order valence-corrected chi connectivity index (χ2v) is 9.20. The van der Waals surface area contributed by atoms with Crippen molar-refractivity contribution in [3.63, 3.8) is 0 Å². The van der Waals surface area contributed by atoms with Crippen LogP contribution in [0.25, 0.3) is 11.1 Å². The van der Waals surface area contributed by atoms with Crippen LogP contribution >= 0.6 is 11.6 Å².